The van der Waals surface area contributed by atoms with E-state index in [1.54, 1.807) is 0 Å². The zero-order valence-corrected chi connectivity index (χ0v) is 13.4. The molecule has 0 unspecified atom stereocenters. The van der Waals surface area contributed by atoms with E-state index in [0.717, 1.165) is 0 Å². The van der Waals surface area contributed by atoms with Crippen LogP contribution in [0.1, 0.15) is 5.56 Å². The SMILES string of the molecule is Cc1ccc2c(c1)c1cc3ccccc3c3c4ccccc4n2c13. The lowest BCUT2D eigenvalue weighted by Gasteiger charge is -2.02. The van der Waals surface area contributed by atoms with Crippen LogP contribution in [0.15, 0.2) is 72.8 Å². The summed E-state index contributed by atoms with van der Waals surface area (Å²) >= 11 is 0. The van der Waals surface area contributed by atoms with Crippen molar-refractivity contribution in [1.29, 1.82) is 0 Å². The summed E-state index contributed by atoms with van der Waals surface area (Å²) < 4.78 is 2.45. The summed E-state index contributed by atoms with van der Waals surface area (Å²) in [5.74, 6) is 0. The van der Waals surface area contributed by atoms with Crippen LogP contribution >= 0.6 is 0 Å². The third-order valence-corrected chi connectivity index (χ3v) is 5.34. The molecule has 0 saturated carbocycles. The Hall–Kier alpha value is -3.06. The van der Waals surface area contributed by atoms with Gasteiger partial charge in [-0.2, -0.15) is 0 Å². The maximum absolute atomic E-state index is 2.45. The van der Waals surface area contributed by atoms with Crippen molar-refractivity contribution in [2.45, 2.75) is 6.92 Å². The summed E-state index contributed by atoms with van der Waals surface area (Å²) in [6.07, 6.45) is 0. The minimum Gasteiger partial charge on any atom is -0.308 e. The molecule has 0 bridgehead atoms. The molecular formula is C23H15N. The summed E-state index contributed by atoms with van der Waals surface area (Å²) in [5.41, 5.74) is 5.27. The van der Waals surface area contributed by atoms with Crippen molar-refractivity contribution >= 4 is 48.9 Å². The van der Waals surface area contributed by atoms with Crippen LogP contribution in [0.25, 0.3) is 48.9 Å². The Morgan fingerprint density at radius 2 is 1.38 bits per heavy atom. The molecule has 0 amide bonds. The lowest BCUT2D eigenvalue weighted by Crippen LogP contribution is -1.80. The molecule has 4 aromatic carbocycles. The van der Waals surface area contributed by atoms with E-state index in [2.05, 4.69) is 84.1 Å². The Kier molecular flexibility index (Phi) is 2.10. The molecule has 24 heavy (non-hydrogen) atoms. The predicted molar refractivity (Wildman–Crippen MR) is 103 cm³/mol. The number of para-hydroxylation sites is 1. The molecule has 0 radical (unpaired) electrons. The van der Waals surface area contributed by atoms with Gasteiger partial charge in [0.15, 0.2) is 0 Å². The average Bonchev–Trinajstić information content (AvgIpc) is 3.12. The van der Waals surface area contributed by atoms with Crippen molar-refractivity contribution in [3.8, 4) is 0 Å². The van der Waals surface area contributed by atoms with Crippen LogP contribution in [0, 0.1) is 6.92 Å². The van der Waals surface area contributed by atoms with Crippen molar-refractivity contribution in [3.63, 3.8) is 0 Å². The van der Waals surface area contributed by atoms with Crippen LogP contribution in [-0.4, -0.2) is 4.40 Å². The molecule has 1 heteroatoms. The highest BCUT2D eigenvalue weighted by Gasteiger charge is 2.19. The van der Waals surface area contributed by atoms with E-state index in [0.29, 0.717) is 0 Å². The third-order valence-electron chi connectivity index (χ3n) is 5.34. The summed E-state index contributed by atoms with van der Waals surface area (Å²) in [5, 5.41) is 8.10. The molecule has 0 atom stereocenters. The molecule has 0 aliphatic rings. The van der Waals surface area contributed by atoms with E-state index in [1.807, 2.05) is 0 Å². The van der Waals surface area contributed by atoms with Gasteiger partial charge >= 0.3 is 0 Å². The Bertz CT molecular complexity index is 1400. The van der Waals surface area contributed by atoms with E-state index in [-0.39, 0.29) is 0 Å². The third kappa shape index (κ3) is 1.32. The van der Waals surface area contributed by atoms with Gasteiger partial charge in [0.1, 0.15) is 0 Å². The molecule has 112 valence electrons. The zero-order valence-electron chi connectivity index (χ0n) is 13.4. The largest absolute Gasteiger partial charge is 0.308 e. The Morgan fingerprint density at radius 3 is 2.29 bits per heavy atom. The number of rotatable bonds is 0. The number of benzene rings is 4. The van der Waals surface area contributed by atoms with E-state index in [1.165, 1.54) is 54.4 Å². The Labute approximate surface area is 139 Å². The first-order valence-electron chi connectivity index (χ1n) is 8.39. The predicted octanol–water partition coefficient (Wildman–Crippen LogP) is 6.30. The highest BCUT2D eigenvalue weighted by molar-refractivity contribution is 6.31. The molecule has 0 aliphatic carbocycles. The minimum absolute atomic E-state index is 1.30. The van der Waals surface area contributed by atoms with Crippen LogP contribution in [0.5, 0.6) is 0 Å². The van der Waals surface area contributed by atoms with Gasteiger partial charge in [-0.25, -0.2) is 0 Å². The smallest absolute Gasteiger partial charge is 0.0626 e. The van der Waals surface area contributed by atoms with Crippen LogP contribution in [0.3, 0.4) is 0 Å². The van der Waals surface area contributed by atoms with Gasteiger partial charge in [0.2, 0.25) is 0 Å². The molecular weight excluding hydrogens is 290 g/mol. The molecule has 6 aromatic rings. The van der Waals surface area contributed by atoms with E-state index in [9.17, 15) is 0 Å². The lowest BCUT2D eigenvalue weighted by molar-refractivity contribution is 1.36. The molecule has 6 rings (SSSR count). The van der Waals surface area contributed by atoms with Gasteiger partial charge in [0, 0.05) is 21.5 Å². The van der Waals surface area contributed by atoms with Gasteiger partial charge in [-0.1, -0.05) is 54.1 Å². The fourth-order valence-electron chi connectivity index (χ4n) is 4.36. The Balaban J connectivity index is 2.11. The molecule has 0 saturated heterocycles. The van der Waals surface area contributed by atoms with Gasteiger partial charge < -0.3 is 4.40 Å². The minimum atomic E-state index is 1.30. The van der Waals surface area contributed by atoms with Crippen LogP contribution in [0.4, 0.5) is 0 Å². The normalized spacial score (nSPS) is 12.4. The van der Waals surface area contributed by atoms with E-state index in [4.69, 9.17) is 0 Å². The number of hydrogen-bond acceptors (Lipinski definition) is 0. The van der Waals surface area contributed by atoms with Crippen molar-refractivity contribution in [3.05, 3.63) is 78.4 Å². The first-order chi connectivity index (χ1) is 11.8. The summed E-state index contributed by atoms with van der Waals surface area (Å²) in [6, 6.07) is 26.7. The second-order valence-corrected chi connectivity index (χ2v) is 6.74. The number of aryl methyl sites for hydroxylation is 1. The maximum atomic E-state index is 2.45. The highest BCUT2D eigenvalue weighted by Crippen LogP contribution is 2.42. The topological polar surface area (TPSA) is 4.41 Å². The number of aromatic nitrogens is 1. The van der Waals surface area contributed by atoms with Crippen molar-refractivity contribution in [1.82, 2.24) is 4.40 Å². The van der Waals surface area contributed by atoms with Gasteiger partial charge in [-0.15, -0.1) is 0 Å². The van der Waals surface area contributed by atoms with Gasteiger partial charge in [0.05, 0.1) is 16.6 Å². The number of fused-ring (bicyclic) bond motifs is 8. The molecule has 0 aliphatic heterocycles. The van der Waals surface area contributed by atoms with Crippen molar-refractivity contribution < 1.29 is 0 Å². The highest BCUT2D eigenvalue weighted by atomic mass is 14.9. The first-order valence-corrected chi connectivity index (χ1v) is 8.39. The molecule has 2 heterocycles. The van der Waals surface area contributed by atoms with Crippen LogP contribution < -0.4 is 0 Å². The summed E-state index contributed by atoms with van der Waals surface area (Å²) in [7, 11) is 0. The van der Waals surface area contributed by atoms with Gasteiger partial charge in [-0.05, 0) is 42.0 Å². The first kappa shape index (κ1) is 12.4. The summed E-state index contributed by atoms with van der Waals surface area (Å²) in [4.78, 5) is 0. The fraction of sp³-hybridized carbons (Fsp3) is 0.0435. The van der Waals surface area contributed by atoms with Gasteiger partial charge in [0.25, 0.3) is 0 Å². The number of nitrogens with zero attached hydrogens (tertiary/aromatic N) is 1. The summed E-state index contributed by atoms with van der Waals surface area (Å²) in [6.45, 7) is 2.17. The molecule has 2 aromatic heterocycles. The monoisotopic (exact) mass is 305 g/mol. The average molecular weight is 305 g/mol. The standard InChI is InChI=1S/C23H15N/c1-14-10-11-21-18(12-14)19-13-15-6-2-3-7-16(15)22-17-8-4-5-9-20(17)24(21)23(19)22/h2-13H,1H3. The molecule has 0 N–H and O–H groups in total. The fourth-order valence-corrected chi connectivity index (χ4v) is 4.36. The molecule has 1 nitrogen and oxygen atoms in total. The number of hydrogen-bond donors (Lipinski definition) is 0. The molecule has 0 fully saturated rings. The molecule has 0 spiro atoms. The van der Waals surface area contributed by atoms with E-state index >= 15 is 0 Å². The maximum Gasteiger partial charge on any atom is 0.0626 e. The second-order valence-electron chi connectivity index (χ2n) is 6.74. The van der Waals surface area contributed by atoms with Crippen molar-refractivity contribution in [2.75, 3.05) is 0 Å². The van der Waals surface area contributed by atoms with E-state index < -0.39 is 0 Å². The second kappa shape index (κ2) is 4.07. The Morgan fingerprint density at radius 1 is 0.625 bits per heavy atom. The van der Waals surface area contributed by atoms with Gasteiger partial charge in [-0.3, -0.25) is 0 Å². The van der Waals surface area contributed by atoms with Crippen LogP contribution in [0.2, 0.25) is 0 Å². The van der Waals surface area contributed by atoms with Crippen molar-refractivity contribution in [2.24, 2.45) is 0 Å². The quantitative estimate of drug-likeness (QED) is 0.310. The zero-order chi connectivity index (χ0) is 15.8. The van der Waals surface area contributed by atoms with Crippen LogP contribution in [-0.2, 0) is 0 Å². The lowest BCUT2D eigenvalue weighted by atomic mass is 10.00.